The highest BCUT2D eigenvalue weighted by Gasteiger charge is 2.24. The van der Waals surface area contributed by atoms with Crippen molar-refractivity contribution in [2.45, 2.75) is 103 Å². The molecule has 3 aliphatic heterocycles. The van der Waals surface area contributed by atoms with Crippen molar-refractivity contribution in [3.05, 3.63) is 87.5 Å². The van der Waals surface area contributed by atoms with Crippen LogP contribution >= 0.6 is 0 Å². The van der Waals surface area contributed by atoms with Gasteiger partial charge in [-0.25, -0.2) is 25.1 Å². The van der Waals surface area contributed by atoms with E-state index in [0.29, 0.717) is 51.9 Å². The number of anilines is 6. The molecular formula is C52H70N14O5. The molecule has 4 aliphatic rings. The van der Waals surface area contributed by atoms with Crippen LogP contribution < -0.4 is 41.6 Å². The third kappa shape index (κ3) is 13.8. The maximum absolute atomic E-state index is 12.6. The second kappa shape index (κ2) is 25.4. The van der Waals surface area contributed by atoms with Gasteiger partial charge in [0.1, 0.15) is 51.6 Å². The maximum Gasteiger partial charge on any atom is 0.303 e. The number of fused-ring (bicyclic) bond motifs is 2. The molecule has 6 N–H and O–H groups in total. The number of piperidine rings is 1. The van der Waals surface area contributed by atoms with Crippen LogP contribution in [0.25, 0.3) is 21.8 Å². The van der Waals surface area contributed by atoms with E-state index in [-0.39, 0.29) is 23.5 Å². The highest BCUT2D eigenvalue weighted by Crippen LogP contribution is 2.33. The number of ether oxygens (including phenoxy) is 1. The zero-order chi connectivity index (χ0) is 49.4. The fraction of sp³-hybridized carbons (Fsp3) is 0.519. The normalized spacial score (nSPS) is 17.3. The number of carboxylic acid groups (broad SMARTS) is 1. The summed E-state index contributed by atoms with van der Waals surface area (Å²) in [5.41, 5.74) is 3.26. The van der Waals surface area contributed by atoms with Crippen molar-refractivity contribution in [1.82, 2.24) is 50.5 Å². The van der Waals surface area contributed by atoms with E-state index < -0.39 is 5.97 Å². The average molecular weight is 971 g/mol. The summed E-state index contributed by atoms with van der Waals surface area (Å²) in [6, 6.07) is 15.9. The Morgan fingerprint density at radius 1 is 0.662 bits per heavy atom. The molecule has 0 spiro atoms. The molecule has 1 aliphatic carbocycles. The Kier molecular flexibility index (Phi) is 18.1. The van der Waals surface area contributed by atoms with E-state index >= 15 is 0 Å². The van der Waals surface area contributed by atoms with Crippen molar-refractivity contribution in [3.63, 3.8) is 0 Å². The van der Waals surface area contributed by atoms with E-state index in [1.807, 2.05) is 50.2 Å². The van der Waals surface area contributed by atoms with Crippen molar-refractivity contribution in [1.29, 1.82) is 0 Å². The standard InChI is InChI=1S/C26H32N6O3.C24H32N8O2.C2H6/c33-22(34)15-17-11-13-32(14-12-17)20-9-7-19(8-10-20)28-25-23-21(16-27-31-26(23)35)29-24(30-25)18-5-3-1-2-4-6-18;33-23-21-20(17-26-30-23)28-24(32-11-3-1-2-4-12-32)29-22(21)27-18-5-7-19(8-6-18)34-16-15-31-13-9-25-10-14-31;1-2/h7-10,16-18H,1-6,11-15H2,(H,31,35)(H,33,34)(H,28,29,30);5-8,17,25H,1-4,9-16H2,(H,30,33)(H,27,28,29);1-2H3. The van der Waals surface area contributed by atoms with Crippen LogP contribution in [0, 0.1) is 5.92 Å². The SMILES string of the molecule is CC.O=C(O)CC1CCN(c2ccc(Nc3nc(C4CCCCCC4)nc4cn[nH]c(=O)c34)cc2)CC1.O=c1[nH]ncc2nc(N3CCCCCC3)nc(Nc3ccc(OCCN4CCNCC4)cc3)c12. The number of nitrogens with one attached hydrogen (secondary N) is 5. The first-order valence-corrected chi connectivity index (χ1v) is 25.9. The van der Waals surface area contributed by atoms with E-state index in [1.54, 1.807) is 12.4 Å². The summed E-state index contributed by atoms with van der Waals surface area (Å²) in [6.45, 7) is 13.3. The number of hydrogen-bond donors (Lipinski definition) is 6. The Labute approximate surface area is 414 Å². The van der Waals surface area contributed by atoms with Crippen LogP contribution in [0.15, 0.2) is 70.5 Å². The van der Waals surface area contributed by atoms with Crippen LogP contribution in [0.2, 0.25) is 0 Å². The average Bonchev–Trinajstić information content (AvgIpc) is 3.85. The minimum Gasteiger partial charge on any atom is -0.492 e. The summed E-state index contributed by atoms with van der Waals surface area (Å²) in [7, 11) is 0. The first kappa shape index (κ1) is 50.7. The molecule has 19 nitrogen and oxygen atoms in total. The lowest BCUT2D eigenvalue weighted by atomic mass is 9.93. The molecule has 3 saturated heterocycles. The number of nitrogens with zero attached hydrogens (tertiary/aromatic N) is 9. The molecule has 6 aromatic rings. The Hall–Kier alpha value is -6.73. The summed E-state index contributed by atoms with van der Waals surface area (Å²) in [6.07, 6.45) is 16.9. The van der Waals surface area contributed by atoms with E-state index in [4.69, 9.17) is 24.8 Å². The number of aliphatic carboxylic acids is 1. The zero-order valence-corrected chi connectivity index (χ0v) is 41.3. The van der Waals surface area contributed by atoms with E-state index in [9.17, 15) is 14.4 Å². The van der Waals surface area contributed by atoms with Crippen molar-refractivity contribution in [3.8, 4) is 5.75 Å². The van der Waals surface area contributed by atoms with Gasteiger partial charge < -0.3 is 35.6 Å². The molecule has 0 amide bonds. The number of hydrogen-bond acceptors (Lipinski definition) is 16. The maximum atomic E-state index is 12.6. The predicted molar refractivity (Wildman–Crippen MR) is 280 cm³/mol. The molecule has 2 aromatic carbocycles. The van der Waals surface area contributed by atoms with Crippen LogP contribution in [0.3, 0.4) is 0 Å². The van der Waals surface area contributed by atoms with Gasteiger partial charge in [0, 0.05) is 88.3 Å². The summed E-state index contributed by atoms with van der Waals surface area (Å²) in [5, 5.41) is 32.8. The molecule has 0 atom stereocenters. The predicted octanol–water partition coefficient (Wildman–Crippen LogP) is 7.73. The first-order chi connectivity index (χ1) is 34.8. The smallest absolute Gasteiger partial charge is 0.303 e. The molecule has 0 bridgehead atoms. The monoisotopic (exact) mass is 971 g/mol. The Morgan fingerprint density at radius 2 is 1.23 bits per heavy atom. The van der Waals surface area contributed by atoms with Gasteiger partial charge in [0.2, 0.25) is 5.95 Å². The fourth-order valence-corrected chi connectivity index (χ4v) is 9.86. The zero-order valence-electron chi connectivity index (χ0n) is 41.3. The van der Waals surface area contributed by atoms with Crippen molar-refractivity contribution in [2.24, 2.45) is 5.92 Å². The van der Waals surface area contributed by atoms with Gasteiger partial charge in [-0.3, -0.25) is 19.3 Å². The fourth-order valence-electron chi connectivity index (χ4n) is 9.86. The van der Waals surface area contributed by atoms with Crippen LogP contribution in [-0.2, 0) is 4.79 Å². The lowest BCUT2D eigenvalue weighted by molar-refractivity contribution is -0.138. The Bertz CT molecular complexity index is 2740. The number of benzene rings is 2. The molecule has 19 heteroatoms. The highest BCUT2D eigenvalue weighted by molar-refractivity contribution is 5.91. The minimum absolute atomic E-state index is 0.251. The third-order valence-corrected chi connectivity index (χ3v) is 13.7. The van der Waals surface area contributed by atoms with Gasteiger partial charge in [-0.05, 0) is 93.0 Å². The number of aromatic amines is 2. The lowest BCUT2D eigenvalue weighted by Crippen LogP contribution is -2.44. The largest absolute Gasteiger partial charge is 0.492 e. The quantitative estimate of drug-likeness (QED) is 0.0607. The van der Waals surface area contributed by atoms with Crippen molar-refractivity contribution < 1.29 is 14.6 Å². The molecule has 71 heavy (non-hydrogen) atoms. The second-order valence-electron chi connectivity index (χ2n) is 18.6. The molecule has 4 aromatic heterocycles. The van der Waals surface area contributed by atoms with Crippen LogP contribution in [0.4, 0.5) is 34.6 Å². The summed E-state index contributed by atoms with van der Waals surface area (Å²) in [4.78, 5) is 62.0. The van der Waals surface area contributed by atoms with Gasteiger partial charge in [-0.2, -0.15) is 15.2 Å². The topological polar surface area (TPSA) is 235 Å². The minimum atomic E-state index is -0.715. The number of rotatable bonds is 13. The van der Waals surface area contributed by atoms with Crippen LogP contribution in [0.1, 0.15) is 109 Å². The first-order valence-electron chi connectivity index (χ1n) is 25.9. The third-order valence-electron chi connectivity index (χ3n) is 13.7. The number of carbonyl (C=O) groups is 1. The van der Waals surface area contributed by atoms with Crippen molar-refractivity contribution in [2.75, 3.05) is 85.9 Å². The van der Waals surface area contributed by atoms with Gasteiger partial charge >= 0.3 is 5.97 Å². The highest BCUT2D eigenvalue weighted by atomic mass is 16.5. The number of aromatic nitrogens is 8. The number of carboxylic acids is 1. The Morgan fingerprint density at radius 3 is 1.83 bits per heavy atom. The lowest BCUT2D eigenvalue weighted by Gasteiger charge is -2.33. The molecule has 378 valence electrons. The second-order valence-corrected chi connectivity index (χ2v) is 18.6. The van der Waals surface area contributed by atoms with E-state index in [2.05, 4.69) is 68.2 Å². The Balaban J connectivity index is 0.000000184. The molecular weight excluding hydrogens is 901 g/mol. The van der Waals surface area contributed by atoms with E-state index in [0.717, 1.165) is 126 Å². The van der Waals surface area contributed by atoms with Crippen LogP contribution in [0.5, 0.6) is 5.75 Å². The summed E-state index contributed by atoms with van der Waals surface area (Å²) >= 11 is 0. The van der Waals surface area contributed by atoms with E-state index in [1.165, 1.54) is 38.5 Å². The molecule has 10 rings (SSSR count). The van der Waals surface area contributed by atoms with Crippen molar-refractivity contribution >= 4 is 62.4 Å². The molecule has 7 heterocycles. The molecule has 4 fully saturated rings. The van der Waals surface area contributed by atoms with Gasteiger partial charge in [-0.15, -0.1) is 0 Å². The summed E-state index contributed by atoms with van der Waals surface area (Å²) in [5.74, 6) is 3.08. The number of piperazine rings is 1. The summed E-state index contributed by atoms with van der Waals surface area (Å²) < 4.78 is 5.93. The molecule has 0 unspecified atom stereocenters. The van der Waals surface area contributed by atoms with Gasteiger partial charge in [0.05, 0.1) is 12.4 Å². The van der Waals surface area contributed by atoms with Crippen LogP contribution in [-0.4, -0.2) is 122 Å². The molecule has 1 saturated carbocycles. The van der Waals surface area contributed by atoms with Gasteiger partial charge in [0.15, 0.2) is 0 Å². The molecule has 0 radical (unpaired) electrons. The van der Waals surface area contributed by atoms with Gasteiger partial charge in [-0.1, -0.05) is 52.4 Å². The number of H-pyrrole nitrogens is 2. The van der Waals surface area contributed by atoms with Gasteiger partial charge in [0.25, 0.3) is 11.1 Å².